The first-order valence-electron chi connectivity index (χ1n) is 22.0. The summed E-state index contributed by atoms with van der Waals surface area (Å²) in [7, 11) is 0. The van der Waals surface area contributed by atoms with Crippen LogP contribution in [0.2, 0.25) is 5.28 Å². The fraction of sp³-hybridized carbons (Fsp3) is 0.391. The SMILES string of the molecule is Fc1cnc(Cl)nc1CCc1ccc(CNc2ccnc(NCCN3CCOCC3)n2)cc1.Fc1cnc([18F])nc1CCc1ccc(CNc2ccnc(NCCN3CCOCC3)n2)cc1. The largest absolute Gasteiger partial charge is 0.379 e. The van der Waals surface area contributed by atoms with Gasteiger partial charge in [0.05, 0.1) is 50.2 Å². The number of halogens is 4. The molecule has 0 unspecified atom stereocenters. The molecule has 0 amide bonds. The fourth-order valence-electron chi connectivity index (χ4n) is 7.05. The minimum atomic E-state index is -0.909. The first kappa shape index (κ1) is 47.8. The Labute approximate surface area is 387 Å². The molecular weight excluding hydrogens is 872 g/mol. The van der Waals surface area contributed by atoms with E-state index < -0.39 is 17.7 Å². The van der Waals surface area contributed by atoms with E-state index in [-0.39, 0.29) is 11.0 Å². The molecule has 66 heavy (non-hydrogen) atoms. The Morgan fingerprint density at radius 1 is 0.500 bits per heavy atom. The van der Waals surface area contributed by atoms with Crippen molar-refractivity contribution in [1.82, 2.24) is 49.7 Å². The summed E-state index contributed by atoms with van der Waals surface area (Å²) in [5, 5.41) is 13.3. The molecule has 348 valence electrons. The van der Waals surface area contributed by atoms with E-state index in [0.29, 0.717) is 56.4 Å². The molecule has 0 atom stereocenters. The lowest BCUT2D eigenvalue weighted by atomic mass is 10.1. The third kappa shape index (κ3) is 16.1. The van der Waals surface area contributed by atoms with Crippen molar-refractivity contribution in [1.29, 1.82) is 0 Å². The van der Waals surface area contributed by atoms with E-state index in [1.54, 1.807) is 12.4 Å². The fourth-order valence-corrected chi connectivity index (χ4v) is 7.20. The molecule has 4 aromatic heterocycles. The van der Waals surface area contributed by atoms with Crippen LogP contribution in [0.5, 0.6) is 0 Å². The number of anilines is 4. The van der Waals surface area contributed by atoms with Crippen LogP contribution in [0.15, 0.2) is 85.5 Å². The second-order valence-electron chi connectivity index (χ2n) is 15.5. The van der Waals surface area contributed by atoms with Crippen molar-refractivity contribution in [2.45, 2.75) is 38.8 Å². The van der Waals surface area contributed by atoms with E-state index >= 15 is 0 Å². The summed E-state index contributed by atoms with van der Waals surface area (Å²) in [6.07, 6.45) is 6.54. The molecule has 0 bridgehead atoms. The van der Waals surface area contributed by atoms with E-state index in [0.717, 1.165) is 125 Å². The number of aryl methyl sites for hydroxylation is 4. The van der Waals surface area contributed by atoms with Gasteiger partial charge in [0.15, 0.2) is 11.6 Å². The third-order valence-electron chi connectivity index (χ3n) is 10.8. The minimum Gasteiger partial charge on any atom is -0.379 e. The summed E-state index contributed by atoms with van der Waals surface area (Å²) >= 11 is 5.76. The van der Waals surface area contributed by atoms with Crippen LogP contribution in [0.3, 0.4) is 0 Å². The zero-order chi connectivity index (χ0) is 45.8. The summed E-state index contributed by atoms with van der Waals surface area (Å²) < 4.78 is 51.3. The highest BCUT2D eigenvalue weighted by Gasteiger charge is 2.12. The molecule has 0 aliphatic carbocycles. The van der Waals surface area contributed by atoms with Crippen LogP contribution in [0.4, 0.5) is 36.7 Å². The van der Waals surface area contributed by atoms with Gasteiger partial charge in [-0.2, -0.15) is 14.4 Å². The number of aromatic nitrogens is 8. The van der Waals surface area contributed by atoms with Gasteiger partial charge in [-0.05, 0) is 71.7 Å². The van der Waals surface area contributed by atoms with Crippen molar-refractivity contribution in [3.8, 4) is 0 Å². The van der Waals surface area contributed by atoms with Gasteiger partial charge in [0, 0.05) is 77.8 Å². The van der Waals surface area contributed by atoms with Crippen molar-refractivity contribution in [3.05, 3.63) is 142 Å². The molecule has 2 saturated heterocycles. The summed E-state index contributed by atoms with van der Waals surface area (Å²) in [6.45, 7) is 11.7. The van der Waals surface area contributed by atoms with Gasteiger partial charge in [0.1, 0.15) is 11.6 Å². The van der Waals surface area contributed by atoms with Gasteiger partial charge in [-0.25, -0.2) is 38.7 Å². The van der Waals surface area contributed by atoms with Crippen molar-refractivity contribution in [2.75, 3.05) is 100 Å². The first-order chi connectivity index (χ1) is 32.3. The zero-order valence-electron chi connectivity index (χ0n) is 36.6. The average molecular weight is 926 g/mol. The Hall–Kier alpha value is -6.12. The second kappa shape index (κ2) is 25.5. The van der Waals surface area contributed by atoms with E-state index in [9.17, 15) is 13.2 Å². The van der Waals surface area contributed by atoms with Crippen LogP contribution in [0.1, 0.15) is 33.6 Å². The summed E-state index contributed by atoms with van der Waals surface area (Å²) in [5.74, 6) is 1.69. The molecular formula is C46H54ClF3N14O2. The van der Waals surface area contributed by atoms with Crippen LogP contribution in [0.25, 0.3) is 0 Å². The van der Waals surface area contributed by atoms with Crippen molar-refractivity contribution in [2.24, 2.45) is 0 Å². The molecule has 2 aliphatic heterocycles. The van der Waals surface area contributed by atoms with Gasteiger partial charge >= 0.3 is 6.08 Å². The van der Waals surface area contributed by atoms with E-state index in [2.05, 4.69) is 70.9 Å². The molecule has 8 rings (SSSR count). The number of hydrogen-bond acceptors (Lipinski definition) is 16. The number of morpholine rings is 2. The maximum atomic E-state index is 13.8. The quantitative estimate of drug-likeness (QED) is 0.0667. The lowest BCUT2D eigenvalue weighted by molar-refractivity contribution is 0.0398. The van der Waals surface area contributed by atoms with E-state index in [1.165, 1.54) is 0 Å². The van der Waals surface area contributed by atoms with Gasteiger partial charge in [0.25, 0.3) is 0 Å². The molecule has 0 radical (unpaired) electrons. The third-order valence-corrected chi connectivity index (χ3v) is 11.0. The van der Waals surface area contributed by atoms with Crippen LogP contribution >= 0.6 is 11.6 Å². The highest BCUT2D eigenvalue weighted by Crippen LogP contribution is 2.15. The van der Waals surface area contributed by atoms with Gasteiger partial charge in [0.2, 0.25) is 17.2 Å². The van der Waals surface area contributed by atoms with Crippen molar-refractivity contribution < 1.29 is 22.6 Å². The van der Waals surface area contributed by atoms with Crippen LogP contribution in [0, 0.1) is 17.7 Å². The number of benzene rings is 2. The molecule has 0 saturated carbocycles. The molecule has 6 heterocycles. The lowest BCUT2D eigenvalue weighted by Gasteiger charge is -2.26. The Morgan fingerprint density at radius 2 is 0.939 bits per heavy atom. The van der Waals surface area contributed by atoms with Crippen LogP contribution in [-0.4, -0.2) is 128 Å². The Morgan fingerprint density at radius 3 is 1.42 bits per heavy atom. The van der Waals surface area contributed by atoms with Crippen molar-refractivity contribution >= 4 is 35.1 Å². The number of nitrogens with one attached hydrogen (secondary N) is 4. The van der Waals surface area contributed by atoms with Gasteiger partial charge in [-0.15, -0.1) is 0 Å². The summed E-state index contributed by atoms with van der Waals surface area (Å²) in [6, 6.07) is 19.8. The molecule has 0 spiro atoms. The molecule has 6 aromatic rings. The predicted octanol–water partition coefficient (Wildman–Crippen LogP) is 5.89. The van der Waals surface area contributed by atoms with Gasteiger partial charge in [-0.1, -0.05) is 48.5 Å². The number of rotatable bonds is 20. The maximum Gasteiger partial charge on any atom is 0.308 e. The second-order valence-corrected chi connectivity index (χ2v) is 15.8. The molecule has 2 aromatic carbocycles. The molecule has 2 aliphatic rings. The molecule has 20 heteroatoms. The highest BCUT2D eigenvalue weighted by atomic mass is 35.5. The van der Waals surface area contributed by atoms with Gasteiger partial charge in [-0.3, -0.25) is 9.80 Å². The number of ether oxygens (including phenoxy) is 2. The smallest absolute Gasteiger partial charge is 0.308 e. The standard InChI is InChI=1S/C23H27ClFN7O.C23H27F2N7O/c24-22-29-16-19(25)20(30-22)6-5-17-1-3-18(4-2-17)15-28-21-7-8-26-23(31-21)27-9-10-32-11-13-33-14-12-32;24-19-16-29-22(25)30-20(19)6-5-17-1-3-18(4-2-17)15-28-21-7-8-26-23(31-21)27-9-10-32-11-13-33-14-12-32/h2*1-4,7-8,16H,5-6,9-15H2,(H2,26,27,28,31)/i;25-1. The molecule has 4 N–H and O–H groups in total. The monoisotopic (exact) mass is 925 g/mol. The number of nitrogens with zero attached hydrogens (tertiary/aromatic N) is 10. The highest BCUT2D eigenvalue weighted by molar-refractivity contribution is 6.28. The predicted molar refractivity (Wildman–Crippen MR) is 247 cm³/mol. The average Bonchev–Trinajstić information content (AvgIpc) is 3.35. The lowest BCUT2D eigenvalue weighted by Crippen LogP contribution is -2.39. The summed E-state index contributed by atoms with van der Waals surface area (Å²) in [4.78, 5) is 36.7. The Kier molecular flexibility index (Phi) is 18.5. The minimum absolute atomic E-state index is 0.0630. The summed E-state index contributed by atoms with van der Waals surface area (Å²) in [5.41, 5.74) is 4.74. The molecule has 2 fully saturated rings. The van der Waals surface area contributed by atoms with E-state index in [4.69, 9.17) is 21.1 Å². The topological polar surface area (TPSA) is 176 Å². The Bertz CT molecular complexity index is 2230. The zero-order valence-corrected chi connectivity index (χ0v) is 37.4. The van der Waals surface area contributed by atoms with Crippen molar-refractivity contribution in [3.63, 3.8) is 0 Å². The molecule has 16 nitrogen and oxygen atoms in total. The van der Waals surface area contributed by atoms with Gasteiger partial charge < -0.3 is 30.7 Å². The Balaban J connectivity index is 0.000000196. The van der Waals surface area contributed by atoms with Crippen LogP contribution in [-0.2, 0) is 48.2 Å². The first-order valence-corrected chi connectivity index (χ1v) is 22.4. The maximum absolute atomic E-state index is 13.8. The van der Waals surface area contributed by atoms with E-state index in [1.807, 2.05) is 60.7 Å². The number of hydrogen-bond donors (Lipinski definition) is 4. The normalized spacial score (nSPS) is 14.2. The van der Waals surface area contributed by atoms with Crippen LogP contribution < -0.4 is 21.3 Å².